The Bertz CT molecular complexity index is 518. The summed E-state index contributed by atoms with van der Waals surface area (Å²) in [5.74, 6) is 0.850. The van der Waals surface area contributed by atoms with E-state index in [1.807, 2.05) is 43.3 Å². The van der Waals surface area contributed by atoms with Gasteiger partial charge in [-0.3, -0.25) is 0 Å². The van der Waals surface area contributed by atoms with Crippen LogP contribution in [0.5, 0.6) is 0 Å². The summed E-state index contributed by atoms with van der Waals surface area (Å²) in [4.78, 5) is 0. The molecule has 0 radical (unpaired) electrons. The molecule has 0 aromatic heterocycles. The largest absolute Gasteiger partial charge is 0.597 e. The highest BCUT2D eigenvalue weighted by molar-refractivity contribution is 14.1. The zero-order valence-electron chi connectivity index (χ0n) is 14.1. The Morgan fingerprint density at radius 2 is 1.96 bits per heavy atom. The number of ether oxygens (including phenoxy) is 1. The van der Waals surface area contributed by atoms with Gasteiger partial charge < -0.3 is 9.29 Å². The van der Waals surface area contributed by atoms with Crippen molar-refractivity contribution < 1.29 is 9.29 Å². The van der Waals surface area contributed by atoms with Crippen molar-refractivity contribution in [2.75, 3.05) is 6.54 Å². The molecule has 0 aliphatic carbocycles. The van der Waals surface area contributed by atoms with Crippen LogP contribution in [0.3, 0.4) is 0 Å². The maximum Gasteiger partial charge on any atom is 0.137 e. The van der Waals surface area contributed by atoms with Gasteiger partial charge >= 0.3 is 0 Å². The Balaban J connectivity index is 2.08. The topological polar surface area (TPSA) is 35.5 Å². The second-order valence-corrected chi connectivity index (χ2v) is 10.7. The van der Waals surface area contributed by atoms with Crippen LogP contribution in [0.4, 0.5) is 0 Å². The number of alkyl halides is 1. The molecule has 2 rings (SSSR count). The third kappa shape index (κ3) is 5.66. The molecule has 2 unspecified atom stereocenters. The Kier molecular flexibility index (Phi) is 6.83. The molecule has 0 amide bonds. The maximum absolute atomic E-state index is 12.9. The van der Waals surface area contributed by atoms with Crippen LogP contribution in [0.25, 0.3) is 0 Å². The predicted octanol–water partition coefficient (Wildman–Crippen LogP) is 4.45. The van der Waals surface area contributed by atoms with E-state index in [1.165, 1.54) is 5.56 Å². The van der Waals surface area contributed by atoms with Gasteiger partial charge in [-0.25, -0.2) is 0 Å². The van der Waals surface area contributed by atoms with Crippen molar-refractivity contribution in [3.8, 4) is 0 Å². The van der Waals surface area contributed by atoms with E-state index in [2.05, 4.69) is 41.3 Å². The molecule has 1 saturated heterocycles. The van der Waals surface area contributed by atoms with E-state index >= 15 is 0 Å². The Hall–Kier alpha value is -0.240. The highest BCUT2D eigenvalue weighted by Crippen LogP contribution is 2.30. The molecular weight excluding hydrogens is 421 g/mol. The van der Waals surface area contributed by atoms with Gasteiger partial charge in [-0.1, -0.05) is 59.5 Å². The van der Waals surface area contributed by atoms with Crippen molar-refractivity contribution in [2.24, 2.45) is 0 Å². The molecular formula is C18H26INO2S. The molecule has 3 atom stereocenters. The van der Waals surface area contributed by atoms with Crippen molar-refractivity contribution in [3.05, 3.63) is 48.2 Å². The van der Waals surface area contributed by atoms with Crippen LogP contribution in [-0.2, 0) is 22.6 Å². The minimum absolute atomic E-state index is 0.0727. The minimum Gasteiger partial charge on any atom is -0.597 e. The van der Waals surface area contributed by atoms with Gasteiger partial charge in [-0.05, 0) is 39.2 Å². The number of hydrogen-bond donors (Lipinski definition) is 0. The molecule has 23 heavy (non-hydrogen) atoms. The van der Waals surface area contributed by atoms with Crippen molar-refractivity contribution >= 4 is 34.0 Å². The molecule has 3 nitrogen and oxygen atoms in total. The summed E-state index contributed by atoms with van der Waals surface area (Å²) in [5.41, 5.74) is 1.17. The lowest BCUT2D eigenvalue weighted by atomic mass is 10.1. The molecule has 0 N–H and O–H groups in total. The maximum atomic E-state index is 12.9. The molecule has 0 bridgehead atoms. The second kappa shape index (κ2) is 8.23. The van der Waals surface area contributed by atoms with Gasteiger partial charge in [-0.2, -0.15) is 0 Å². The van der Waals surface area contributed by atoms with Gasteiger partial charge in [-0.15, -0.1) is 4.31 Å². The van der Waals surface area contributed by atoms with E-state index in [0.29, 0.717) is 17.0 Å². The van der Waals surface area contributed by atoms with Gasteiger partial charge in [0.05, 0.1) is 17.0 Å². The van der Waals surface area contributed by atoms with Crippen molar-refractivity contribution in [1.29, 1.82) is 0 Å². The third-order valence-electron chi connectivity index (χ3n) is 3.78. The van der Waals surface area contributed by atoms with Gasteiger partial charge in [0.15, 0.2) is 0 Å². The van der Waals surface area contributed by atoms with E-state index in [4.69, 9.17) is 4.74 Å². The lowest BCUT2D eigenvalue weighted by molar-refractivity contribution is 0.0628. The number of rotatable bonds is 5. The Morgan fingerprint density at radius 1 is 1.30 bits per heavy atom. The van der Waals surface area contributed by atoms with Crippen LogP contribution < -0.4 is 0 Å². The first-order valence-electron chi connectivity index (χ1n) is 7.98. The van der Waals surface area contributed by atoms with Crippen LogP contribution in [-0.4, -0.2) is 30.2 Å². The summed E-state index contributed by atoms with van der Waals surface area (Å²) in [6, 6.07) is 10.2. The predicted molar refractivity (Wildman–Crippen MR) is 106 cm³/mol. The zero-order valence-corrected chi connectivity index (χ0v) is 17.1. The molecule has 1 heterocycles. The number of halogens is 1. The van der Waals surface area contributed by atoms with E-state index in [9.17, 15) is 4.55 Å². The second-order valence-electron chi connectivity index (χ2n) is 6.92. The fraction of sp³-hybridized carbons (Fsp3) is 0.556. The molecule has 0 spiro atoms. The first kappa shape index (κ1) is 19.1. The highest BCUT2D eigenvalue weighted by atomic mass is 127. The molecule has 0 saturated carbocycles. The van der Waals surface area contributed by atoms with Crippen molar-refractivity contribution in [3.63, 3.8) is 0 Å². The quantitative estimate of drug-likeness (QED) is 0.380. The minimum atomic E-state index is -1.08. The Morgan fingerprint density at radius 3 is 2.52 bits per heavy atom. The third-order valence-corrected chi connectivity index (χ3v) is 6.89. The smallest absolute Gasteiger partial charge is 0.137 e. The van der Waals surface area contributed by atoms with E-state index in [-0.39, 0.29) is 10.9 Å². The van der Waals surface area contributed by atoms with Crippen LogP contribution in [0.2, 0.25) is 0 Å². The molecule has 1 aromatic rings. The summed E-state index contributed by atoms with van der Waals surface area (Å²) >= 11 is 1.30. The normalized spacial score (nSPS) is 23.7. The SMILES string of the molecule is C=C1O[C@H](CN(Cc2ccccc2)[S+]([O-])C(C)(C)C)CCC1I. The molecule has 1 aliphatic rings. The summed E-state index contributed by atoms with van der Waals surface area (Å²) in [6.07, 6.45) is 2.13. The van der Waals surface area contributed by atoms with Crippen molar-refractivity contribution in [1.82, 2.24) is 4.31 Å². The highest BCUT2D eigenvalue weighted by Gasteiger charge is 2.36. The first-order chi connectivity index (χ1) is 10.8. The molecule has 1 aliphatic heterocycles. The van der Waals surface area contributed by atoms with Crippen LogP contribution in [0.15, 0.2) is 42.7 Å². The first-order valence-corrected chi connectivity index (χ1v) is 10.3. The summed E-state index contributed by atoms with van der Waals surface area (Å²) in [7, 11) is 0. The summed E-state index contributed by atoms with van der Waals surface area (Å²) < 4.78 is 21.0. The van der Waals surface area contributed by atoms with Crippen LogP contribution in [0.1, 0.15) is 39.2 Å². The average Bonchev–Trinajstić information content (AvgIpc) is 2.49. The fourth-order valence-corrected chi connectivity index (χ4v) is 4.41. The van der Waals surface area contributed by atoms with E-state index in [0.717, 1.165) is 18.6 Å². The van der Waals surface area contributed by atoms with Gasteiger partial charge in [0.1, 0.15) is 16.6 Å². The van der Waals surface area contributed by atoms with Gasteiger partial charge in [0, 0.05) is 11.4 Å². The fourth-order valence-electron chi connectivity index (χ4n) is 2.56. The van der Waals surface area contributed by atoms with E-state index in [1.54, 1.807) is 0 Å². The molecule has 5 heteroatoms. The lowest BCUT2D eigenvalue weighted by Gasteiger charge is -2.36. The molecule has 1 fully saturated rings. The number of benzene rings is 1. The Labute approximate surface area is 156 Å². The number of hydrogen-bond acceptors (Lipinski definition) is 3. The molecule has 1 aromatic carbocycles. The zero-order chi connectivity index (χ0) is 17.0. The number of allylic oxidation sites excluding steroid dienone is 1. The van der Waals surface area contributed by atoms with Crippen molar-refractivity contribution in [2.45, 2.75) is 54.9 Å². The average molecular weight is 447 g/mol. The molecule has 128 valence electrons. The lowest BCUT2D eigenvalue weighted by Crippen LogP contribution is -2.46. The van der Waals surface area contributed by atoms with Gasteiger partial charge in [0.2, 0.25) is 0 Å². The van der Waals surface area contributed by atoms with Crippen LogP contribution in [0, 0.1) is 0 Å². The number of nitrogens with zero attached hydrogens (tertiary/aromatic N) is 1. The monoisotopic (exact) mass is 447 g/mol. The summed E-state index contributed by atoms with van der Waals surface area (Å²) in [5, 5.41) is 0. The standard InChI is InChI=1S/C18H26INO2S/c1-14-17(19)11-10-16(22-14)13-20(23(21)18(2,3)4)12-15-8-6-5-7-9-15/h5-9,16-17H,1,10-13H2,2-4H3/t16-,17?,23?/m0/s1. The van der Waals surface area contributed by atoms with Crippen LogP contribution >= 0.6 is 22.6 Å². The van der Waals surface area contributed by atoms with E-state index < -0.39 is 11.4 Å². The summed E-state index contributed by atoms with van der Waals surface area (Å²) in [6.45, 7) is 11.4. The van der Waals surface area contributed by atoms with Gasteiger partial charge in [0.25, 0.3) is 0 Å².